The zero-order chi connectivity index (χ0) is 16.2. The van der Waals surface area contributed by atoms with Crippen LogP contribution in [0.2, 0.25) is 0 Å². The van der Waals surface area contributed by atoms with Gasteiger partial charge in [0.1, 0.15) is 17.3 Å². The van der Waals surface area contributed by atoms with Gasteiger partial charge in [-0.1, -0.05) is 6.07 Å². The number of anilines is 2. The van der Waals surface area contributed by atoms with Crippen LogP contribution in [0.15, 0.2) is 36.4 Å². The second kappa shape index (κ2) is 6.69. The van der Waals surface area contributed by atoms with Gasteiger partial charge in [0, 0.05) is 18.8 Å². The van der Waals surface area contributed by atoms with E-state index in [4.69, 9.17) is 0 Å². The van der Waals surface area contributed by atoms with E-state index in [1.165, 1.54) is 19.3 Å². The molecule has 5 heteroatoms. The molecule has 0 unspecified atom stereocenters. The highest BCUT2D eigenvalue weighted by Gasteiger charge is 2.15. The lowest BCUT2D eigenvalue weighted by Gasteiger charge is -2.27. The molecule has 1 aliphatic rings. The smallest absolute Gasteiger partial charge is 0.274 e. The molecule has 3 rings (SSSR count). The molecule has 0 saturated carbocycles. The number of piperidine rings is 1. The highest BCUT2D eigenvalue weighted by atomic mass is 16.3. The third-order valence-electron chi connectivity index (χ3n) is 4.11. The molecule has 5 nitrogen and oxygen atoms in total. The Morgan fingerprint density at radius 1 is 1.17 bits per heavy atom. The fourth-order valence-electron chi connectivity index (χ4n) is 2.82. The van der Waals surface area contributed by atoms with E-state index in [0.717, 1.165) is 24.5 Å². The van der Waals surface area contributed by atoms with Gasteiger partial charge >= 0.3 is 0 Å². The molecule has 1 aromatic heterocycles. The summed E-state index contributed by atoms with van der Waals surface area (Å²) < 4.78 is 0. The predicted molar refractivity (Wildman–Crippen MR) is 91.1 cm³/mol. The number of benzene rings is 1. The molecule has 1 fully saturated rings. The Bertz CT molecular complexity index is 709. The minimum Gasteiger partial charge on any atom is -0.508 e. The van der Waals surface area contributed by atoms with Crippen molar-refractivity contribution in [3.63, 3.8) is 0 Å². The quantitative estimate of drug-likeness (QED) is 0.853. The Labute approximate surface area is 136 Å². The Morgan fingerprint density at radius 3 is 2.70 bits per heavy atom. The first-order valence-electron chi connectivity index (χ1n) is 7.96. The summed E-state index contributed by atoms with van der Waals surface area (Å²) in [5, 5.41) is 12.3. The van der Waals surface area contributed by atoms with Gasteiger partial charge in [0.15, 0.2) is 0 Å². The number of hydrogen-bond acceptors (Lipinski definition) is 4. The summed E-state index contributed by atoms with van der Waals surface area (Å²) in [6.07, 6.45) is 3.60. The van der Waals surface area contributed by atoms with Crippen LogP contribution in [0.5, 0.6) is 5.75 Å². The number of aryl methyl sites for hydroxylation is 1. The van der Waals surface area contributed by atoms with Crippen LogP contribution in [0.1, 0.15) is 35.3 Å². The molecule has 1 aliphatic heterocycles. The standard InChI is InChI=1S/C18H21N3O2/c1-13-12-14(22)8-9-15(13)20-18(23)16-6-5-7-17(19-16)21-10-3-2-4-11-21/h5-9,12,22H,2-4,10-11H2,1H3,(H,20,23). The Morgan fingerprint density at radius 2 is 1.96 bits per heavy atom. The van der Waals surface area contributed by atoms with Gasteiger partial charge in [0.2, 0.25) is 0 Å². The molecule has 0 atom stereocenters. The van der Waals surface area contributed by atoms with Crippen LogP contribution in [0.4, 0.5) is 11.5 Å². The van der Waals surface area contributed by atoms with E-state index in [1.807, 2.05) is 19.1 Å². The first-order chi connectivity index (χ1) is 11.1. The minimum absolute atomic E-state index is 0.186. The zero-order valence-corrected chi connectivity index (χ0v) is 13.2. The molecule has 1 saturated heterocycles. The van der Waals surface area contributed by atoms with Gasteiger partial charge in [-0.05, 0) is 62.1 Å². The normalized spacial score (nSPS) is 14.6. The maximum absolute atomic E-state index is 12.4. The van der Waals surface area contributed by atoms with Crippen molar-refractivity contribution < 1.29 is 9.90 Å². The lowest BCUT2D eigenvalue weighted by Crippen LogP contribution is -2.30. The van der Waals surface area contributed by atoms with Crippen LogP contribution in [0.25, 0.3) is 0 Å². The van der Waals surface area contributed by atoms with E-state index < -0.39 is 0 Å². The number of nitrogens with zero attached hydrogens (tertiary/aromatic N) is 2. The topological polar surface area (TPSA) is 65.5 Å². The molecule has 120 valence electrons. The van der Waals surface area contributed by atoms with Crippen molar-refractivity contribution in [3.8, 4) is 5.75 Å². The van der Waals surface area contributed by atoms with Gasteiger partial charge in [-0.25, -0.2) is 4.98 Å². The van der Waals surface area contributed by atoms with Gasteiger partial charge < -0.3 is 15.3 Å². The zero-order valence-electron chi connectivity index (χ0n) is 13.2. The minimum atomic E-state index is -0.238. The fourth-order valence-corrected chi connectivity index (χ4v) is 2.82. The average molecular weight is 311 g/mol. The van der Waals surface area contributed by atoms with Crippen LogP contribution in [0.3, 0.4) is 0 Å². The summed E-state index contributed by atoms with van der Waals surface area (Å²) in [6.45, 7) is 3.83. The summed E-state index contributed by atoms with van der Waals surface area (Å²) in [6, 6.07) is 10.4. The van der Waals surface area contributed by atoms with Crippen molar-refractivity contribution in [2.75, 3.05) is 23.3 Å². The van der Waals surface area contributed by atoms with Gasteiger partial charge in [-0.3, -0.25) is 4.79 Å². The first-order valence-corrected chi connectivity index (χ1v) is 7.96. The molecule has 0 bridgehead atoms. The molecular weight excluding hydrogens is 290 g/mol. The predicted octanol–water partition coefficient (Wildman–Crippen LogP) is 3.34. The fraction of sp³-hybridized carbons (Fsp3) is 0.333. The van der Waals surface area contributed by atoms with E-state index in [1.54, 1.807) is 24.3 Å². The third-order valence-corrected chi connectivity index (χ3v) is 4.11. The summed E-state index contributed by atoms with van der Waals surface area (Å²) in [5.74, 6) is 0.808. The second-order valence-electron chi connectivity index (χ2n) is 5.88. The van der Waals surface area contributed by atoms with Crippen molar-refractivity contribution in [1.82, 2.24) is 4.98 Å². The largest absolute Gasteiger partial charge is 0.508 e. The number of phenolic OH excluding ortho intramolecular Hbond substituents is 1. The molecule has 2 N–H and O–H groups in total. The number of carbonyl (C=O) groups excluding carboxylic acids is 1. The van der Waals surface area contributed by atoms with E-state index in [9.17, 15) is 9.90 Å². The van der Waals surface area contributed by atoms with E-state index in [-0.39, 0.29) is 11.7 Å². The molecule has 0 radical (unpaired) electrons. The number of amides is 1. The highest BCUT2D eigenvalue weighted by Crippen LogP contribution is 2.21. The van der Waals surface area contributed by atoms with Crippen molar-refractivity contribution in [1.29, 1.82) is 0 Å². The number of aromatic hydroxyl groups is 1. The molecule has 2 aromatic rings. The van der Waals surface area contributed by atoms with Gasteiger partial charge in [0.25, 0.3) is 5.91 Å². The number of aromatic nitrogens is 1. The van der Waals surface area contributed by atoms with Gasteiger partial charge in [-0.15, -0.1) is 0 Å². The van der Waals surface area contributed by atoms with Crippen LogP contribution < -0.4 is 10.2 Å². The number of pyridine rings is 1. The van der Waals surface area contributed by atoms with Crippen LogP contribution in [-0.2, 0) is 0 Å². The molecule has 0 spiro atoms. The maximum Gasteiger partial charge on any atom is 0.274 e. The number of phenols is 1. The van der Waals surface area contributed by atoms with E-state index in [2.05, 4.69) is 15.2 Å². The lowest BCUT2D eigenvalue weighted by atomic mass is 10.1. The highest BCUT2D eigenvalue weighted by molar-refractivity contribution is 6.03. The maximum atomic E-state index is 12.4. The molecule has 1 aromatic carbocycles. The first kappa shape index (κ1) is 15.3. The molecule has 1 amide bonds. The van der Waals surface area contributed by atoms with Crippen molar-refractivity contribution >= 4 is 17.4 Å². The van der Waals surface area contributed by atoms with E-state index >= 15 is 0 Å². The molecular formula is C18H21N3O2. The van der Waals surface area contributed by atoms with Crippen LogP contribution >= 0.6 is 0 Å². The van der Waals surface area contributed by atoms with Crippen molar-refractivity contribution in [2.24, 2.45) is 0 Å². The van der Waals surface area contributed by atoms with E-state index in [0.29, 0.717) is 11.4 Å². The summed E-state index contributed by atoms with van der Waals surface area (Å²) >= 11 is 0. The molecule has 0 aliphatic carbocycles. The summed E-state index contributed by atoms with van der Waals surface area (Å²) in [5.41, 5.74) is 1.89. The number of rotatable bonds is 3. The van der Waals surface area contributed by atoms with Crippen molar-refractivity contribution in [3.05, 3.63) is 47.7 Å². The SMILES string of the molecule is Cc1cc(O)ccc1NC(=O)c1cccc(N2CCCCC2)n1. The number of nitrogens with one attached hydrogen (secondary N) is 1. The Kier molecular flexibility index (Phi) is 4.46. The summed E-state index contributed by atoms with van der Waals surface area (Å²) in [7, 11) is 0. The number of carbonyl (C=O) groups is 1. The Balaban J connectivity index is 1.76. The van der Waals surface area contributed by atoms with Gasteiger partial charge in [0.05, 0.1) is 0 Å². The molecule has 23 heavy (non-hydrogen) atoms. The average Bonchev–Trinajstić information content (AvgIpc) is 2.58. The number of hydrogen-bond donors (Lipinski definition) is 2. The summed E-state index contributed by atoms with van der Waals surface area (Å²) in [4.78, 5) is 19.2. The lowest BCUT2D eigenvalue weighted by molar-refractivity contribution is 0.102. The Hall–Kier alpha value is -2.56. The van der Waals surface area contributed by atoms with Crippen LogP contribution in [0, 0.1) is 6.92 Å². The van der Waals surface area contributed by atoms with Crippen molar-refractivity contribution in [2.45, 2.75) is 26.2 Å². The third kappa shape index (κ3) is 3.62. The molecule has 2 heterocycles. The monoisotopic (exact) mass is 311 g/mol. The van der Waals surface area contributed by atoms with Gasteiger partial charge in [-0.2, -0.15) is 0 Å². The van der Waals surface area contributed by atoms with Crippen LogP contribution in [-0.4, -0.2) is 29.1 Å². The second-order valence-corrected chi connectivity index (χ2v) is 5.88.